The van der Waals surface area contributed by atoms with Crippen LogP contribution in [0.2, 0.25) is 0 Å². The second-order valence-electron chi connectivity index (χ2n) is 5.76. The molecule has 0 aliphatic carbocycles. The van der Waals surface area contributed by atoms with E-state index >= 15 is 0 Å². The highest BCUT2D eigenvalue weighted by molar-refractivity contribution is 5.37. The van der Waals surface area contributed by atoms with Gasteiger partial charge in [0.1, 0.15) is 5.75 Å². The molecule has 1 atom stereocenters. The van der Waals surface area contributed by atoms with Crippen LogP contribution < -0.4 is 4.74 Å². The Morgan fingerprint density at radius 3 is 2.45 bits per heavy atom. The van der Waals surface area contributed by atoms with Crippen molar-refractivity contribution in [1.82, 2.24) is 0 Å². The zero-order valence-corrected chi connectivity index (χ0v) is 13.1. The summed E-state index contributed by atoms with van der Waals surface area (Å²) in [6.45, 7) is 9.31. The van der Waals surface area contributed by atoms with Crippen LogP contribution in [-0.2, 0) is 16.1 Å². The lowest BCUT2D eigenvalue weighted by molar-refractivity contribution is -0.0378. The molecule has 20 heavy (non-hydrogen) atoms. The Morgan fingerprint density at radius 2 is 1.90 bits per heavy atom. The van der Waals surface area contributed by atoms with Gasteiger partial charge >= 0.3 is 0 Å². The molecular weight excluding hydrogens is 256 g/mol. The molecule has 0 saturated carbocycles. The summed E-state index contributed by atoms with van der Waals surface area (Å²) in [6.07, 6.45) is -0.496. The molecule has 0 aliphatic rings. The number of methoxy groups -OCH3 is 1. The van der Waals surface area contributed by atoms with E-state index in [0.29, 0.717) is 19.8 Å². The first-order chi connectivity index (χ1) is 9.33. The van der Waals surface area contributed by atoms with Crippen LogP contribution in [0.1, 0.15) is 44.9 Å². The average Bonchev–Trinajstić information content (AvgIpc) is 2.36. The van der Waals surface area contributed by atoms with Crippen molar-refractivity contribution >= 4 is 0 Å². The minimum atomic E-state index is -0.496. The molecule has 0 aromatic heterocycles. The second kappa shape index (κ2) is 7.62. The molecule has 0 aliphatic heterocycles. The highest BCUT2D eigenvalue weighted by Crippen LogP contribution is 2.24. The maximum Gasteiger partial charge on any atom is 0.124 e. The van der Waals surface area contributed by atoms with Crippen molar-refractivity contribution in [2.24, 2.45) is 0 Å². The Labute approximate surface area is 121 Å². The van der Waals surface area contributed by atoms with Gasteiger partial charge in [0.05, 0.1) is 38.6 Å². The van der Waals surface area contributed by atoms with Crippen LogP contribution >= 0.6 is 0 Å². The molecular formula is C16H26O4. The summed E-state index contributed by atoms with van der Waals surface area (Å²) in [5, 5.41) is 9.61. The number of ether oxygens (including phenoxy) is 3. The Hall–Kier alpha value is -1.10. The van der Waals surface area contributed by atoms with Gasteiger partial charge in [0.25, 0.3) is 0 Å². The van der Waals surface area contributed by atoms with E-state index < -0.39 is 6.10 Å². The lowest BCUT2D eigenvalue weighted by atomic mass is 10.1. The fraction of sp³-hybridized carbons (Fsp3) is 0.625. The monoisotopic (exact) mass is 282 g/mol. The average molecular weight is 282 g/mol. The maximum atomic E-state index is 9.61. The predicted octanol–water partition coefficient (Wildman–Crippen LogP) is 3.08. The molecule has 0 spiro atoms. The summed E-state index contributed by atoms with van der Waals surface area (Å²) in [5.74, 6) is 0.770. The number of aliphatic hydroxyl groups is 1. The van der Waals surface area contributed by atoms with Gasteiger partial charge in [0.2, 0.25) is 0 Å². The van der Waals surface area contributed by atoms with Gasteiger partial charge < -0.3 is 19.3 Å². The summed E-state index contributed by atoms with van der Waals surface area (Å²) in [7, 11) is 1.63. The van der Waals surface area contributed by atoms with Crippen molar-refractivity contribution in [3.63, 3.8) is 0 Å². The van der Waals surface area contributed by atoms with Gasteiger partial charge in [-0.15, -0.1) is 0 Å². The molecule has 0 heterocycles. The van der Waals surface area contributed by atoms with E-state index in [2.05, 4.69) is 0 Å². The van der Waals surface area contributed by atoms with E-state index in [0.717, 1.165) is 16.9 Å². The molecule has 0 radical (unpaired) electrons. The minimum absolute atomic E-state index is 0.146. The first-order valence-corrected chi connectivity index (χ1v) is 6.90. The highest BCUT2D eigenvalue weighted by Gasteiger charge is 2.10. The molecule has 1 aromatic rings. The molecule has 1 N–H and O–H groups in total. The van der Waals surface area contributed by atoms with Gasteiger partial charge in [0.15, 0.2) is 0 Å². The lowest BCUT2D eigenvalue weighted by Crippen LogP contribution is -2.21. The quantitative estimate of drug-likeness (QED) is 0.781. The molecule has 1 unspecified atom stereocenters. The van der Waals surface area contributed by atoms with Crippen molar-refractivity contribution in [3.05, 3.63) is 29.3 Å². The van der Waals surface area contributed by atoms with Crippen LogP contribution in [0.3, 0.4) is 0 Å². The summed E-state index contributed by atoms with van der Waals surface area (Å²) in [6, 6.07) is 5.62. The number of hydrogen-bond acceptors (Lipinski definition) is 4. The Bertz CT molecular complexity index is 407. The predicted molar refractivity (Wildman–Crippen MR) is 79.0 cm³/mol. The van der Waals surface area contributed by atoms with Crippen LogP contribution in [0.4, 0.5) is 0 Å². The van der Waals surface area contributed by atoms with Gasteiger partial charge in [-0.3, -0.25) is 0 Å². The highest BCUT2D eigenvalue weighted by atomic mass is 16.5. The molecule has 0 fully saturated rings. The van der Waals surface area contributed by atoms with Crippen molar-refractivity contribution in [3.8, 4) is 5.75 Å². The molecule has 114 valence electrons. The number of aliphatic hydroxyl groups excluding tert-OH is 1. The van der Waals surface area contributed by atoms with Crippen molar-refractivity contribution in [2.45, 2.75) is 46.0 Å². The smallest absolute Gasteiger partial charge is 0.124 e. The van der Waals surface area contributed by atoms with E-state index in [-0.39, 0.29) is 5.60 Å². The van der Waals surface area contributed by atoms with Gasteiger partial charge in [-0.2, -0.15) is 0 Å². The summed E-state index contributed by atoms with van der Waals surface area (Å²) >= 11 is 0. The van der Waals surface area contributed by atoms with Crippen molar-refractivity contribution in [2.75, 3.05) is 20.3 Å². The molecule has 0 saturated heterocycles. The molecule has 4 nitrogen and oxygen atoms in total. The SMILES string of the molecule is COc1ccc(C(C)O)cc1COCCOC(C)(C)C. The zero-order chi connectivity index (χ0) is 15.2. The van der Waals surface area contributed by atoms with E-state index in [1.54, 1.807) is 14.0 Å². The molecule has 0 amide bonds. The van der Waals surface area contributed by atoms with Crippen LogP contribution in [-0.4, -0.2) is 31.0 Å². The topological polar surface area (TPSA) is 47.9 Å². The van der Waals surface area contributed by atoms with Crippen molar-refractivity contribution in [1.29, 1.82) is 0 Å². The lowest BCUT2D eigenvalue weighted by Gasteiger charge is -2.19. The molecule has 1 rings (SSSR count). The third-order valence-corrected chi connectivity index (χ3v) is 2.81. The van der Waals surface area contributed by atoms with Crippen LogP contribution in [0.25, 0.3) is 0 Å². The standard InChI is InChI=1S/C16H26O4/c1-12(17)13-6-7-15(18-5)14(10-13)11-19-8-9-20-16(2,3)4/h6-7,10,12,17H,8-9,11H2,1-5H3. The molecule has 1 aromatic carbocycles. The van der Waals surface area contributed by atoms with Gasteiger partial charge in [0, 0.05) is 5.56 Å². The summed E-state index contributed by atoms with van der Waals surface area (Å²) in [5.41, 5.74) is 1.64. The first kappa shape index (κ1) is 17.0. The largest absolute Gasteiger partial charge is 0.496 e. The Kier molecular flexibility index (Phi) is 6.46. The Balaban J connectivity index is 2.51. The third kappa shape index (κ3) is 5.90. The minimum Gasteiger partial charge on any atom is -0.496 e. The molecule has 4 heteroatoms. The van der Waals surface area contributed by atoms with Gasteiger partial charge in [-0.05, 0) is 45.4 Å². The van der Waals surface area contributed by atoms with E-state index in [1.165, 1.54) is 0 Å². The van der Waals surface area contributed by atoms with Gasteiger partial charge in [-0.25, -0.2) is 0 Å². The van der Waals surface area contributed by atoms with E-state index in [9.17, 15) is 5.11 Å². The second-order valence-corrected chi connectivity index (χ2v) is 5.76. The normalized spacial score (nSPS) is 13.3. The first-order valence-electron chi connectivity index (χ1n) is 6.90. The number of benzene rings is 1. The maximum absolute atomic E-state index is 9.61. The van der Waals surface area contributed by atoms with Crippen LogP contribution in [0, 0.1) is 0 Å². The summed E-state index contributed by atoms with van der Waals surface area (Å²) in [4.78, 5) is 0. The third-order valence-electron chi connectivity index (χ3n) is 2.81. The molecule has 0 bridgehead atoms. The fourth-order valence-corrected chi connectivity index (χ4v) is 1.76. The van der Waals surface area contributed by atoms with Gasteiger partial charge in [-0.1, -0.05) is 6.07 Å². The fourth-order valence-electron chi connectivity index (χ4n) is 1.76. The number of hydrogen-bond donors (Lipinski definition) is 1. The number of rotatable bonds is 7. The van der Waals surface area contributed by atoms with Crippen LogP contribution in [0.15, 0.2) is 18.2 Å². The Morgan fingerprint density at radius 1 is 1.20 bits per heavy atom. The summed E-state index contributed by atoms with van der Waals surface area (Å²) < 4.78 is 16.5. The van der Waals surface area contributed by atoms with Crippen molar-refractivity contribution < 1.29 is 19.3 Å². The van der Waals surface area contributed by atoms with Crippen LogP contribution in [0.5, 0.6) is 5.75 Å². The van der Waals surface area contributed by atoms with E-state index in [1.807, 2.05) is 39.0 Å². The van der Waals surface area contributed by atoms with E-state index in [4.69, 9.17) is 14.2 Å². The zero-order valence-electron chi connectivity index (χ0n) is 13.1.